The Balaban J connectivity index is -0.000000134. The van der Waals surface area contributed by atoms with E-state index >= 15 is 0 Å². The molecule has 0 aromatic heterocycles. The van der Waals surface area contributed by atoms with E-state index in [1.165, 1.54) is 13.8 Å². The average molecular weight is 421 g/mol. The Kier molecular flexibility index (Phi) is 33.1. The van der Waals surface area contributed by atoms with E-state index in [0.29, 0.717) is 0 Å². The second-order valence-electron chi connectivity index (χ2n) is 4.66. The van der Waals surface area contributed by atoms with Gasteiger partial charge in [0.2, 0.25) is 11.8 Å². The van der Waals surface area contributed by atoms with Crippen molar-refractivity contribution in [1.82, 2.24) is 10.6 Å². The number of thiol groups is 1. The van der Waals surface area contributed by atoms with Gasteiger partial charge in [0, 0.05) is 24.2 Å². The van der Waals surface area contributed by atoms with Crippen molar-refractivity contribution in [2.24, 2.45) is 0 Å². The quantitative estimate of drug-likeness (QED) is 0.121. The Bertz CT molecular complexity index is 378. The molecule has 6 N–H and O–H groups in total. The Morgan fingerprint density at radius 2 is 1.12 bits per heavy atom. The zero-order valence-electron chi connectivity index (χ0n) is 16.4. The molecule has 0 atom stereocenters. The van der Waals surface area contributed by atoms with E-state index in [0.717, 1.165) is 45.0 Å². The summed E-state index contributed by atoms with van der Waals surface area (Å²) >= 11 is 3.79. The van der Waals surface area contributed by atoms with Crippen molar-refractivity contribution in [3.05, 3.63) is 0 Å². The first-order valence-corrected chi connectivity index (χ1v) is 10.3. The first-order valence-electron chi connectivity index (χ1n) is 8.35. The maximum atomic E-state index is 10.3. The van der Waals surface area contributed by atoms with Crippen LogP contribution in [0.2, 0.25) is 0 Å². The summed E-state index contributed by atoms with van der Waals surface area (Å²) in [5.74, 6) is 1.05. The van der Waals surface area contributed by atoms with Crippen molar-refractivity contribution in [2.45, 2.75) is 34.6 Å². The van der Waals surface area contributed by atoms with E-state index in [2.05, 4.69) is 47.7 Å². The van der Waals surface area contributed by atoms with Gasteiger partial charge in [0.15, 0.2) is 0 Å². The molecule has 0 aromatic carbocycles. The van der Waals surface area contributed by atoms with Crippen LogP contribution in [0.5, 0.6) is 0 Å². The fraction of sp³-hybridized carbons (Fsp3) is 0.857. The number of nitrogens with two attached hydrogens (primary N) is 2. The van der Waals surface area contributed by atoms with Crippen molar-refractivity contribution in [1.29, 1.82) is 0 Å². The zero-order chi connectivity index (χ0) is 21.4. The van der Waals surface area contributed by atoms with Crippen molar-refractivity contribution < 1.29 is 37.7 Å². The predicted molar refractivity (Wildman–Crippen MR) is 102 cm³/mol. The molecule has 0 bridgehead atoms. The Morgan fingerprint density at radius 1 is 0.885 bits per heavy atom. The van der Waals surface area contributed by atoms with Crippen LogP contribution >= 0.6 is 12.6 Å². The van der Waals surface area contributed by atoms with Crippen LogP contribution in [0.3, 0.4) is 0 Å². The molecule has 2 amide bonds. The highest BCUT2D eigenvalue weighted by Crippen LogP contribution is 1.58. The molecule has 0 fully saturated rings. The highest BCUT2D eigenvalue weighted by atomic mass is 32.3. The van der Waals surface area contributed by atoms with Crippen LogP contribution in [-0.4, -0.2) is 74.4 Å². The van der Waals surface area contributed by atoms with Crippen LogP contribution in [0, 0.1) is 0 Å². The number of quaternary nitrogens is 2. The first kappa shape index (κ1) is 32.7. The lowest BCUT2D eigenvalue weighted by atomic mass is 10.5. The van der Waals surface area contributed by atoms with E-state index < -0.39 is 10.4 Å². The molecule has 0 unspecified atom stereocenters. The van der Waals surface area contributed by atoms with Gasteiger partial charge in [-0.1, -0.05) is 6.92 Å². The number of likely N-dealkylation sites (N-methyl/N-ethyl adjacent to an activating group) is 2. The van der Waals surface area contributed by atoms with Gasteiger partial charge in [-0.05, 0) is 19.6 Å². The van der Waals surface area contributed by atoms with E-state index in [1.54, 1.807) is 0 Å². The van der Waals surface area contributed by atoms with Gasteiger partial charge < -0.3 is 30.4 Å². The third-order valence-corrected chi connectivity index (χ3v) is 2.02. The molecule has 0 spiro atoms. The Morgan fingerprint density at radius 3 is 1.27 bits per heavy atom. The minimum Gasteiger partial charge on any atom is -0.759 e. The first-order chi connectivity index (χ1) is 12.0. The van der Waals surface area contributed by atoms with E-state index in [4.69, 9.17) is 17.5 Å². The molecule has 0 saturated heterocycles. The molecule has 0 radical (unpaired) electrons. The molecule has 0 aromatic rings. The highest BCUT2D eigenvalue weighted by molar-refractivity contribution is 7.80. The van der Waals surface area contributed by atoms with E-state index in [9.17, 15) is 9.59 Å². The molecule has 0 rings (SSSR count). The van der Waals surface area contributed by atoms with Crippen LogP contribution in [0.4, 0.5) is 0 Å². The lowest BCUT2D eigenvalue weighted by Gasteiger charge is -2.06. The fourth-order valence-electron chi connectivity index (χ4n) is 1.11. The number of carbonyl (C=O) groups is 2. The van der Waals surface area contributed by atoms with Crippen LogP contribution < -0.4 is 21.3 Å². The molecular formula is C14H36N4O6S2. The highest BCUT2D eigenvalue weighted by Gasteiger charge is 1.89. The summed E-state index contributed by atoms with van der Waals surface area (Å²) in [5, 5.41) is 9.72. The van der Waals surface area contributed by atoms with Gasteiger partial charge >= 0.3 is 0 Å². The third-order valence-electron chi connectivity index (χ3n) is 2.02. The summed E-state index contributed by atoms with van der Waals surface area (Å²) in [6.07, 6.45) is 0. The van der Waals surface area contributed by atoms with Gasteiger partial charge in [-0.25, -0.2) is 0 Å². The van der Waals surface area contributed by atoms with Crippen LogP contribution in [0.25, 0.3) is 0 Å². The number of hydrogen-bond acceptors (Lipinski definition) is 7. The normalized spacial score (nSPS) is 9.23. The largest absolute Gasteiger partial charge is 0.759 e. The second kappa shape index (κ2) is 26.3. The van der Waals surface area contributed by atoms with Gasteiger partial charge in [0.05, 0.1) is 39.3 Å². The maximum absolute atomic E-state index is 10.3. The second-order valence-corrected chi connectivity index (χ2v) is 6.11. The van der Waals surface area contributed by atoms with Crippen LogP contribution in [-0.2, 0) is 20.0 Å². The Labute approximate surface area is 163 Å². The molecule has 0 aliphatic heterocycles. The summed E-state index contributed by atoms with van der Waals surface area (Å²) in [6.45, 7) is 14.9. The minimum absolute atomic E-state index is 0.0551. The SMILES string of the molecule is CCS.CC[NH2+]CCNC(C)=O.CC[NH2+]CCNC(C)=O.O=S(=O)([O-])[O-]. The number of amides is 2. The number of rotatable bonds is 8. The Hall–Kier alpha value is -0.920. The fourth-order valence-corrected chi connectivity index (χ4v) is 1.11. The standard InChI is InChI=1S/2C6H14N2O.C2H6S.H2O4S/c2*1-3-7-4-5-8-6(2)9;1-2-3;1-5(2,3)4/h2*7H,3-5H2,1-2H3,(H,8,9);3H,2H2,1H3;(H2,1,2,3,4). The number of hydrogen-bond donors (Lipinski definition) is 5. The zero-order valence-corrected chi connectivity index (χ0v) is 18.1. The van der Waals surface area contributed by atoms with E-state index in [1.807, 2.05) is 6.92 Å². The smallest absolute Gasteiger partial charge is 0.217 e. The minimum atomic E-state index is -5.17. The van der Waals surface area contributed by atoms with Gasteiger partial charge in [-0.3, -0.25) is 18.0 Å². The van der Waals surface area contributed by atoms with E-state index in [-0.39, 0.29) is 11.8 Å². The summed E-state index contributed by atoms with van der Waals surface area (Å²) in [6, 6.07) is 0. The van der Waals surface area contributed by atoms with Crippen LogP contribution in [0.1, 0.15) is 34.6 Å². The van der Waals surface area contributed by atoms with Crippen molar-refractivity contribution in [3.63, 3.8) is 0 Å². The summed E-state index contributed by atoms with van der Waals surface area (Å²) in [5.41, 5.74) is 0. The molecule has 0 aliphatic rings. The lowest BCUT2D eigenvalue weighted by molar-refractivity contribution is -0.650. The van der Waals surface area contributed by atoms with Crippen molar-refractivity contribution in [2.75, 3.05) is 45.0 Å². The lowest BCUT2D eigenvalue weighted by Crippen LogP contribution is -2.85. The molecule has 26 heavy (non-hydrogen) atoms. The van der Waals surface area contributed by atoms with Crippen molar-refractivity contribution in [3.8, 4) is 0 Å². The summed E-state index contributed by atoms with van der Waals surface area (Å²) in [4.78, 5) is 20.6. The summed E-state index contributed by atoms with van der Waals surface area (Å²) < 4.78 is 34.1. The maximum Gasteiger partial charge on any atom is 0.217 e. The van der Waals surface area contributed by atoms with Gasteiger partial charge in [0.25, 0.3) is 0 Å². The molecule has 0 aliphatic carbocycles. The monoisotopic (exact) mass is 420 g/mol. The third kappa shape index (κ3) is 91.7. The molecule has 10 nitrogen and oxygen atoms in total. The molecular weight excluding hydrogens is 384 g/mol. The number of nitrogens with one attached hydrogen (secondary N) is 2. The average Bonchev–Trinajstić information content (AvgIpc) is 2.48. The van der Waals surface area contributed by atoms with Crippen LogP contribution in [0.15, 0.2) is 0 Å². The van der Waals surface area contributed by atoms with Gasteiger partial charge in [0.1, 0.15) is 0 Å². The van der Waals surface area contributed by atoms with Gasteiger partial charge in [-0.15, -0.1) is 0 Å². The molecule has 0 heterocycles. The molecule has 0 saturated carbocycles. The molecule has 160 valence electrons. The van der Waals surface area contributed by atoms with Crippen molar-refractivity contribution >= 4 is 34.8 Å². The predicted octanol–water partition coefficient (Wildman–Crippen LogP) is -2.99. The molecule has 12 heteroatoms. The van der Waals surface area contributed by atoms with Gasteiger partial charge in [-0.2, -0.15) is 12.6 Å². The number of carbonyl (C=O) groups excluding carboxylic acids is 2. The topological polar surface area (TPSA) is 172 Å². The summed E-state index contributed by atoms with van der Waals surface area (Å²) in [7, 11) is -5.17.